The first kappa shape index (κ1) is 21.4. The molecule has 0 radical (unpaired) electrons. The van der Waals surface area contributed by atoms with E-state index in [1.165, 1.54) is 16.7 Å². The molecule has 2 saturated heterocycles. The quantitative estimate of drug-likeness (QED) is 0.611. The van der Waals surface area contributed by atoms with Gasteiger partial charge in [0.1, 0.15) is 5.82 Å². The Bertz CT molecular complexity index is 889. The van der Waals surface area contributed by atoms with Crippen molar-refractivity contribution in [3.63, 3.8) is 0 Å². The summed E-state index contributed by atoms with van der Waals surface area (Å²) in [6.07, 6.45) is 6.40. The summed E-state index contributed by atoms with van der Waals surface area (Å²) in [6, 6.07) is 14.8. The molecule has 31 heavy (non-hydrogen) atoms. The maximum absolute atomic E-state index is 4.70. The molecule has 0 bridgehead atoms. The third-order valence-electron chi connectivity index (χ3n) is 6.19. The largest absolute Gasteiger partial charge is 0.354 e. The lowest BCUT2D eigenvalue weighted by Gasteiger charge is -2.34. The van der Waals surface area contributed by atoms with Crippen LogP contribution in [-0.2, 0) is 6.54 Å². The average Bonchev–Trinajstić information content (AvgIpc) is 2.82. The number of benzene rings is 1. The van der Waals surface area contributed by atoms with Gasteiger partial charge in [-0.3, -0.25) is 4.99 Å². The zero-order valence-corrected chi connectivity index (χ0v) is 18.8. The van der Waals surface area contributed by atoms with Crippen LogP contribution in [0.3, 0.4) is 0 Å². The highest BCUT2D eigenvalue weighted by molar-refractivity contribution is 5.80. The molecule has 2 aliphatic rings. The van der Waals surface area contributed by atoms with E-state index >= 15 is 0 Å². The Labute approximate surface area is 186 Å². The molecule has 0 saturated carbocycles. The van der Waals surface area contributed by atoms with Crippen molar-refractivity contribution in [3.05, 3.63) is 65.4 Å². The number of likely N-dealkylation sites (tertiary alicyclic amines) is 1. The van der Waals surface area contributed by atoms with Gasteiger partial charge in [-0.1, -0.05) is 48.0 Å². The number of guanidine groups is 1. The average molecular weight is 419 g/mol. The number of pyridine rings is 1. The topological polar surface area (TPSA) is 47.0 Å². The molecule has 0 spiro atoms. The zero-order valence-electron chi connectivity index (χ0n) is 18.8. The van der Waals surface area contributed by atoms with Crippen LogP contribution in [0.5, 0.6) is 0 Å². The second-order valence-electron chi connectivity index (χ2n) is 8.38. The van der Waals surface area contributed by atoms with E-state index in [9.17, 15) is 0 Å². The van der Waals surface area contributed by atoms with E-state index in [-0.39, 0.29) is 0 Å². The predicted octanol–water partition coefficient (Wildman–Crippen LogP) is 3.09. The predicted molar refractivity (Wildman–Crippen MR) is 129 cm³/mol. The van der Waals surface area contributed by atoms with E-state index in [2.05, 4.69) is 74.5 Å². The van der Waals surface area contributed by atoms with Crippen LogP contribution in [0.4, 0.5) is 5.82 Å². The first-order valence-corrected chi connectivity index (χ1v) is 11.3. The standard InChI is InChI=1S/C25H34N6/c1-26-25(31-13-10-22(11-14-31)19-21-7-4-3-5-8-21)28-20-23-9-6-12-27-24(23)30-17-15-29(2)16-18-30/h3-9,12,19H,10-11,13-18,20H2,1-2H3,(H,26,28). The van der Waals surface area contributed by atoms with Gasteiger partial charge >= 0.3 is 0 Å². The van der Waals surface area contributed by atoms with E-state index in [0.29, 0.717) is 0 Å². The van der Waals surface area contributed by atoms with Crippen molar-refractivity contribution in [2.45, 2.75) is 19.4 Å². The molecule has 2 fully saturated rings. The van der Waals surface area contributed by atoms with Crippen LogP contribution in [-0.4, -0.2) is 74.1 Å². The molecular weight excluding hydrogens is 384 g/mol. The Balaban J connectivity index is 1.34. The second kappa shape index (κ2) is 10.4. The molecule has 3 heterocycles. The van der Waals surface area contributed by atoms with Crippen molar-refractivity contribution in [2.75, 3.05) is 58.3 Å². The number of rotatable bonds is 4. The summed E-state index contributed by atoms with van der Waals surface area (Å²) in [5.74, 6) is 2.08. The minimum atomic E-state index is 0.741. The summed E-state index contributed by atoms with van der Waals surface area (Å²) in [5.41, 5.74) is 4.04. The van der Waals surface area contributed by atoms with Crippen molar-refractivity contribution in [1.82, 2.24) is 20.1 Å². The van der Waals surface area contributed by atoms with Gasteiger partial charge in [-0.25, -0.2) is 4.98 Å². The van der Waals surface area contributed by atoms with Gasteiger partial charge in [0, 0.05) is 64.6 Å². The molecule has 4 rings (SSSR count). The molecule has 1 aromatic carbocycles. The Morgan fingerprint density at radius 1 is 1.00 bits per heavy atom. The smallest absolute Gasteiger partial charge is 0.193 e. The zero-order chi connectivity index (χ0) is 21.5. The number of aromatic nitrogens is 1. The molecule has 0 atom stereocenters. The Hall–Kier alpha value is -2.86. The summed E-state index contributed by atoms with van der Waals surface area (Å²) in [5, 5.41) is 3.59. The number of nitrogens with zero attached hydrogens (tertiary/aromatic N) is 5. The number of aliphatic imine (C=N–C) groups is 1. The highest BCUT2D eigenvalue weighted by Crippen LogP contribution is 2.21. The summed E-state index contributed by atoms with van der Waals surface area (Å²) in [6.45, 7) is 6.95. The summed E-state index contributed by atoms with van der Waals surface area (Å²) in [7, 11) is 4.06. The van der Waals surface area contributed by atoms with Gasteiger partial charge in [0.2, 0.25) is 0 Å². The van der Waals surface area contributed by atoms with Gasteiger partial charge in [0.15, 0.2) is 5.96 Å². The summed E-state index contributed by atoms with van der Waals surface area (Å²) < 4.78 is 0. The van der Waals surface area contributed by atoms with Crippen LogP contribution < -0.4 is 10.2 Å². The summed E-state index contributed by atoms with van der Waals surface area (Å²) >= 11 is 0. The fourth-order valence-corrected chi connectivity index (χ4v) is 4.31. The Morgan fingerprint density at radius 3 is 2.45 bits per heavy atom. The summed E-state index contributed by atoms with van der Waals surface area (Å²) in [4.78, 5) is 16.4. The first-order valence-electron chi connectivity index (χ1n) is 11.3. The lowest BCUT2D eigenvalue weighted by atomic mass is 10.0. The molecule has 2 aromatic rings. The Morgan fingerprint density at radius 2 is 1.74 bits per heavy atom. The third-order valence-corrected chi connectivity index (χ3v) is 6.19. The second-order valence-corrected chi connectivity index (χ2v) is 8.38. The molecule has 1 aromatic heterocycles. The van der Waals surface area contributed by atoms with Gasteiger partial charge in [-0.05, 0) is 31.5 Å². The van der Waals surface area contributed by atoms with E-state index in [0.717, 1.165) is 70.4 Å². The first-order chi connectivity index (χ1) is 15.2. The van der Waals surface area contributed by atoms with E-state index in [1.807, 2.05) is 19.3 Å². The van der Waals surface area contributed by atoms with E-state index in [4.69, 9.17) is 4.98 Å². The lowest BCUT2D eigenvalue weighted by Crippen LogP contribution is -2.46. The molecule has 164 valence electrons. The van der Waals surface area contributed by atoms with E-state index in [1.54, 1.807) is 0 Å². The van der Waals surface area contributed by atoms with Crippen molar-refractivity contribution < 1.29 is 0 Å². The maximum atomic E-state index is 4.70. The monoisotopic (exact) mass is 418 g/mol. The molecule has 6 nitrogen and oxygen atoms in total. The van der Waals surface area contributed by atoms with Crippen LogP contribution >= 0.6 is 0 Å². The lowest BCUT2D eigenvalue weighted by molar-refractivity contribution is 0.311. The highest BCUT2D eigenvalue weighted by atomic mass is 15.3. The number of likely N-dealkylation sites (N-methyl/N-ethyl adjacent to an activating group) is 1. The minimum absolute atomic E-state index is 0.741. The molecule has 0 aliphatic carbocycles. The molecular formula is C25H34N6. The number of piperidine rings is 1. The van der Waals surface area contributed by atoms with Crippen molar-refractivity contribution in [2.24, 2.45) is 4.99 Å². The fourth-order valence-electron chi connectivity index (χ4n) is 4.31. The molecule has 1 N–H and O–H groups in total. The van der Waals surface area contributed by atoms with Crippen molar-refractivity contribution in [1.29, 1.82) is 0 Å². The van der Waals surface area contributed by atoms with Gasteiger partial charge in [0.05, 0.1) is 0 Å². The van der Waals surface area contributed by atoms with Crippen molar-refractivity contribution >= 4 is 17.9 Å². The van der Waals surface area contributed by atoms with Gasteiger partial charge < -0.3 is 20.0 Å². The van der Waals surface area contributed by atoms with Crippen LogP contribution in [0.2, 0.25) is 0 Å². The van der Waals surface area contributed by atoms with Crippen molar-refractivity contribution in [3.8, 4) is 0 Å². The van der Waals surface area contributed by atoms with Crippen LogP contribution in [0.25, 0.3) is 6.08 Å². The number of hydrogen-bond donors (Lipinski definition) is 1. The van der Waals surface area contributed by atoms with Gasteiger partial charge in [-0.2, -0.15) is 0 Å². The SMILES string of the molecule is CN=C(NCc1cccnc1N1CCN(C)CC1)N1CCC(=Cc2ccccc2)CC1. The normalized spacial score (nSPS) is 18.3. The molecule has 0 amide bonds. The number of anilines is 1. The van der Waals surface area contributed by atoms with Crippen LogP contribution in [0, 0.1) is 0 Å². The Kier molecular flexibility index (Phi) is 7.20. The fraction of sp³-hybridized carbons (Fsp3) is 0.440. The van der Waals surface area contributed by atoms with E-state index < -0.39 is 0 Å². The maximum Gasteiger partial charge on any atom is 0.193 e. The number of piperazine rings is 1. The molecule has 6 heteroatoms. The van der Waals surface area contributed by atoms with Gasteiger partial charge in [0.25, 0.3) is 0 Å². The molecule has 0 unspecified atom stereocenters. The van der Waals surface area contributed by atoms with Gasteiger partial charge in [-0.15, -0.1) is 0 Å². The van der Waals surface area contributed by atoms with Crippen LogP contribution in [0.1, 0.15) is 24.0 Å². The minimum Gasteiger partial charge on any atom is -0.354 e. The van der Waals surface area contributed by atoms with Crippen LogP contribution in [0.15, 0.2) is 59.2 Å². The highest BCUT2D eigenvalue weighted by Gasteiger charge is 2.20. The molecule has 2 aliphatic heterocycles. The number of hydrogen-bond acceptors (Lipinski definition) is 4. The third kappa shape index (κ3) is 5.64. The number of nitrogens with one attached hydrogen (secondary N) is 1.